The number of amides is 2. The molecule has 3 atom stereocenters. The fourth-order valence-corrected chi connectivity index (χ4v) is 2.39. The molecule has 1 saturated heterocycles. The highest BCUT2D eigenvalue weighted by molar-refractivity contribution is 5.71. The van der Waals surface area contributed by atoms with E-state index in [2.05, 4.69) is 5.32 Å². The Bertz CT molecular complexity index is 601. The molecule has 0 spiro atoms. The molecule has 2 amide bonds. The normalized spacial score (nSPS) is 23.2. The van der Waals surface area contributed by atoms with Crippen molar-refractivity contribution >= 4 is 12.2 Å². The Hall–Kier alpha value is -2.32. The molecule has 1 fully saturated rings. The number of ether oxygens (including phenoxy) is 2. The van der Waals surface area contributed by atoms with E-state index in [0.29, 0.717) is 0 Å². The van der Waals surface area contributed by atoms with Crippen LogP contribution in [-0.4, -0.2) is 57.8 Å². The lowest BCUT2D eigenvalue weighted by Crippen LogP contribution is -2.50. The number of carbonyl (C=O) groups is 2. The number of likely N-dealkylation sites (tertiary alicyclic amines) is 1. The quantitative estimate of drug-likeness (QED) is 0.755. The highest BCUT2D eigenvalue weighted by atomic mass is 16.6. The number of aliphatic hydroxyl groups excluding tert-OH is 2. The summed E-state index contributed by atoms with van der Waals surface area (Å²) < 4.78 is 10.2. The molecule has 8 nitrogen and oxygen atoms in total. The third kappa shape index (κ3) is 5.33. The molecular weight excluding hydrogens is 328 g/mol. The third-order valence-electron chi connectivity index (χ3n) is 3.56. The van der Waals surface area contributed by atoms with Gasteiger partial charge in [-0.15, -0.1) is 0 Å². The number of nitrogens with zero attached hydrogens (tertiary/aromatic N) is 1. The number of aliphatic hydroxyl groups is 2. The molecule has 0 saturated carbocycles. The Kier molecular flexibility index (Phi) is 5.86. The van der Waals surface area contributed by atoms with Crippen LogP contribution in [-0.2, 0) is 16.1 Å². The minimum absolute atomic E-state index is 0.0569. The topological polar surface area (TPSA) is 108 Å². The van der Waals surface area contributed by atoms with Crippen LogP contribution >= 0.6 is 0 Å². The highest BCUT2D eigenvalue weighted by Gasteiger charge is 2.45. The SMILES string of the molecule is CC(C)(C)OC(=O)N1C[C@@H](O)[C@H](NC(=O)OCc2ccccc2)C1O. The van der Waals surface area contributed by atoms with Crippen LogP contribution < -0.4 is 5.32 Å². The Morgan fingerprint density at radius 2 is 1.88 bits per heavy atom. The molecular formula is C17H24N2O6. The summed E-state index contributed by atoms with van der Waals surface area (Å²) in [7, 11) is 0. The summed E-state index contributed by atoms with van der Waals surface area (Å²) >= 11 is 0. The molecule has 0 radical (unpaired) electrons. The zero-order valence-electron chi connectivity index (χ0n) is 14.5. The van der Waals surface area contributed by atoms with Gasteiger partial charge in [0.2, 0.25) is 0 Å². The van der Waals surface area contributed by atoms with Crippen LogP contribution in [0.25, 0.3) is 0 Å². The molecule has 0 aromatic heterocycles. The number of hydrogen-bond donors (Lipinski definition) is 3. The van der Waals surface area contributed by atoms with E-state index >= 15 is 0 Å². The largest absolute Gasteiger partial charge is 0.445 e. The van der Waals surface area contributed by atoms with Crippen molar-refractivity contribution in [2.45, 2.75) is 51.4 Å². The van der Waals surface area contributed by atoms with Gasteiger partial charge in [0.1, 0.15) is 18.2 Å². The summed E-state index contributed by atoms with van der Waals surface area (Å²) in [6.45, 7) is 4.99. The van der Waals surface area contributed by atoms with Crippen LogP contribution in [0.4, 0.5) is 9.59 Å². The summed E-state index contributed by atoms with van der Waals surface area (Å²) in [5.74, 6) is 0. The fourth-order valence-electron chi connectivity index (χ4n) is 2.39. The second-order valence-corrected chi connectivity index (χ2v) is 6.85. The molecule has 1 aliphatic rings. The van der Waals surface area contributed by atoms with Gasteiger partial charge < -0.3 is 25.0 Å². The summed E-state index contributed by atoms with van der Waals surface area (Å²) in [6.07, 6.45) is -4.10. The molecule has 0 bridgehead atoms. The fraction of sp³-hybridized carbons (Fsp3) is 0.529. The number of alkyl carbamates (subject to hydrolysis) is 1. The van der Waals surface area contributed by atoms with Gasteiger partial charge in [0.05, 0.1) is 12.6 Å². The van der Waals surface area contributed by atoms with Crippen molar-refractivity contribution in [1.82, 2.24) is 10.2 Å². The average Bonchev–Trinajstić information content (AvgIpc) is 2.80. The van der Waals surface area contributed by atoms with E-state index in [0.717, 1.165) is 10.5 Å². The van der Waals surface area contributed by atoms with Gasteiger partial charge in [0, 0.05) is 0 Å². The van der Waals surface area contributed by atoms with Crippen molar-refractivity contribution in [2.75, 3.05) is 6.54 Å². The molecule has 1 aromatic rings. The summed E-state index contributed by atoms with van der Waals surface area (Å²) in [6, 6.07) is 8.03. The molecule has 1 heterocycles. The molecule has 25 heavy (non-hydrogen) atoms. The second kappa shape index (κ2) is 7.71. The predicted octanol–water partition coefficient (Wildman–Crippen LogP) is 1.21. The highest BCUT2D eigenvalue weighted by Crippen LogP contribution is 2.20. The minimum atomic E-state index is -1.41. The lowest BCUT2D eigenvalue weighted by Gasteiger charge is -2.27. The first-order chi connectivity index (χ1) is 11.7. The van der Waals surface area contributed by atoms with Crippen molar-refractivity contribution < 1.29 is 29.3 Å². The number of rotatable bonds is 3. The van der Waals surface area contributed by atoms with Gasteiger partial charge >= 0.3 is 12.2 Å². The maximum atomic E-state index is 12.0. The van der Waals surface area contributed by atoms with Crippen LogP contribution in [0.1, 0.15) is 26.3 Å². The Morgan fingerprint density at radius 1 is 1.24 bits per heavy atom. The van der Waals surface area contributed by atoms with E-state index < -0.39 is 36.2 Å². The van der Waals surface area contributed by atoms with E-state index in [-0.39, 0.29) is 13.2 Å². The van der Waals surface area contributed by atoms with Gasteiger partial charge in [0.15, 0.2) is 6.23 Å². The van der Waals surface area contributed by atoms with Gasteiger partial charge in [0.25, 0.3) is 0 Å². The number of carbonyl (C=O) groups excluding carboxylic acids is 2. The second-order valence-electron chi connectivity index (χ2n) is 6.85. The molecule has 8 heteroatoms. The maximum Gasteiger partial charge on any atom is 0.412 e. The van der Waals surface area contributed by atoms with Crippen LogP contribution in [0.5, 0.6) is 0 Å². The van der Waals surface area contributed by atoms with Crippen LogP contribution in [0.3, 0.4) is 0 Å². The van der Waals surface area contributed by atoms with E-state index in [1.807, 2.05) is 18.2 Å². The standard InChI is InChI=1S/C17H24N2O6/c1-17(2,3)25-16(23)19-9-12(20)13(14(19)21)18-15(22)24-10-11-7-5-4-6-8-11/h4-8,12-14,20-21H,9-10H2,1-3H3,(H,18,22)/t12-,13+,14?/m1/s1. The van der Waals surface area contributed by atoms with Gasteiger partial charge in [-0.05, 0) is 26.3 Å². The molecule has 3 N–H and O–H groups in total. The van der Waals surface area contributed by atoms with Gasteiger partial charge in [-0.25, -0.2) is 9.59 Å². The zero-order valence-corrected chi connectivity index (χ0v) is 14.5. The Morgan fingerprint density at radius 3 is 2.48 bits per heavy atom. The third-order valence-corrected chi connectivity index (χ3v) is 3.56. The summed E-state index contributed by atoms with van der Waals surface area (Å²) in [5, 5.41) is 22.6. The van der Waals surface area contributed by atoms with Crippen LogP contribution in [0.15, 0.2) is 30.3 Å². The molecule has 2 rings (SSSR count). The number of nitrogens with one attached hydrogen (secondary N) is 1. The first-order valence-electron chi connectivity index (χ1n) is 8.00. The van der Waals surface area contributed by atoms with Gasteiger partial charge in [-0.2, -0.15) is 0 Å². The van der Waals surface area contributed by atoms with Crippen molar-refractivity contribution in [3.8, 4) is 0 Å². The van der Waals surface area contributed by atoms with Crippen LogP contribution in [0.2, 0.25) is 0 Å². The van der Waals surface area contributed by atoms with Crippen molar-refractivity contribution in [3.05, 3.63) is 35.9 Å². The summed E-state index contributed by atoms with van der Waals surface area (Å²) in [5.41, 5.74) is 0.0718. The Balaban J connectivity index is 1.89. The van der Waals surface area contributed by atoms with Crippen molar-refractivity contribution in [1.29, 1.82) is 0 Å². The van der Waals surface area contributed by atoms with E-state index in [9.17, 15) is 19.8 Å². The monoisotopic (exact) mass is 352 g/mol. The molecule has 1 unspecified atom stereocenters. The van der Waals surface area contributed by atoms with Crippen molar-refractivity contribution in [2.24, 2.45) is 0 Å². The average molecular weight is 352 g/mol. The lowest BCUT2D eigenvalue weighted by atomic mass is 10.2. The Labute approximate surface area is 146 Å². The lowest BCUT2D eigenvalue weighted by molar-refractivity contribution is -0.0202. The van der Waals surface area contributed by atoms with Gasteiger partial charge in [-0.1, -0.05) is 30.3 Å². The molecule has 1 aromatic carbocycles. The first-order valence-corrected chi connectivity index (χ1v) is 8.00. The maximum absolute atomic E-state index is 12.0. The molecule has 138 valence electrons. The number of benzene rings is 1. The summed E-state index contributed by atoms with van der Waals surface area (Å²) in [4.78, 5) is 24.9. The van der Waals surface area contributed by atoms with E-state index in [1.165, 1.54) is 0 Å². The zero-order chi connectivity index (χ0) is 18.6. The smallest absolute Gasteiger partial charge is 0.412 e. The minimum Gasteiger partial charge on any atom is -0.445 e. The number of β-amino-alcohol motifs (C(OH)–C–C–N with tert-alkyl or cyclic N) is 1. The van der Waals surface area contributed by atoms with Crippen molar-refractivity contribution in [3.63, 3.8) is 0 Å². The van der Waals surface area contributed by atoms with Crippen LogP contribution in [0, 0.1) is 0 Å². The predicted molar refractivity (Wildman–Crippen MR) is 88.5 cm³/mol. The molecule has 0 aliphatic carbocycles. The van der Waals surface area contributed by atoms with E-state index in [1.54, 1.807) is 32.9 Å². The first kappa shape index (κ1) is 19.0. The molecule has 1 aliphatic heterocycles. The van der Waals surface area contributed by atoms with Gasteiger partial charge in [-0.3, -0.25) is 4.90 Å². The number of hydrogen-bond acceptors (Lipinski definition) is 6. The van der Waals surface area contributed by atoms with E-state index in [4.69, 9.17) is 9.47 Å².